The summed E-state index contributed by atoms with van der Waals surface area (Å²) in [4.78, 5) is 11.5. The molecule has 1 aliphatic rings. The second-order valence-electron chi connectivity index (χ2n) is 5.28. The minimum atomic E-state index is 0.253. The van der Waals surface area contributed by atoms with Crippen LogP contribution < -0.4 is 0 Å². The van der Waals surface area contributed by atoms with E-state index in [1.807, 2.05) is 0 Å². The maximum atomic E-state index is 11.5. The lowest BCUT2D eigenvalue weighted by atomic mass is 9.78. The Kier molecular flexibility index (Phi) is 3.19. The van der Waals surface area contributed by atoms with Crippen LogP contribution in [0.1, 0.15) is 47.4 Å². The number of ketones is 1. The minimum Gasteiger partial charge on any atom is -0.295 e. The lowest BCUT2D eigenvalue weighted by molar-refractivity contribution is -0.116. The SMILES string of the molecule is C=C1CC(c2c(C)cc(C)cc2C)CCC1=O. The molecule has 2 rings (SSSR count). The maximum Gasteiger partial charge on any atom is 0.158 e. The second-order valence-corrected chi connectivity index (χ2v) is 5.28. The average Bonchev–Trinajstić information content (AvgIpc) is 2.21. The van der Waals surface area contributed by atoms with Crippen LogP contribution in [0.25, 0.3) is 0 Å². The van der Waals surface area contributed by atoms with E-state index in [0.717, 1.165) is 18.4 Å². The average molecular weight is 228 g/mol. The zero-order chi connectivity index (χ0) is 12.6. The molecule has 0 radical (unpaired) electrons. The van der Waals surface area contributed by atoms with Crippen molar-refractivity contribution >= 4 is 5.78 Å². The van der Waals surface area contributed by atoms with Crippen molar-refractivity contribution in [2.45, 2.75) is 46.0 Å². The van der Waals surface area contributed by atoms with Gasteiger partial charge in [-0.3, -0.25) is 4.79 Å². The molecule has 0 amide bonds. The fourth-order valence-corrected chi connectivity index (χ4v) is 3.08. The molecule has 90 valence electrons. The van der Waals surface area contributed by atoms with Gasteiger partial charge in [0.05, 0.1) is 0 Å². The van der Waals surface area contributed by atoms with E-state index in [2.05, 4.69) is 39.5 Å². The van der Waals surface area contributed by atoms with E-state index in [4.69, 9.17) is 0 Å². The van der Waals surface area contributed by atoms with Crippen molar-refractivity contribution < 1.29 is 4.79 Å². The van der Waals surface area contributed by atoms with Gasteiger partial charge in [0.1, 0.15) is 0 Å². The van der Waals surface area contributed by atoms with Gasteiger partial charge in [-0.15, -0.1) is 0 Å². The molecule has 0 bridgehead atoms. The quantitative estimate of drug-likeness (QED) is 0.664. The number of hydrogen-bond acceptors (Lipinski definition) is 1. The van der Waals surface area contributed by atoms with Gasteiger partial charge >= 0.3 is 0 Å². The van der Waals surface area contributed by atoms with Crippen LogP contribution in [0.2, 0.25) is 0 Å². The van der Waals surface area contributed by atoms with Crippen LogP contribution in [0.5, 0.6) is 0 Å². The fourth-order valence-electron chi connectivity index (χ4n) is 3.08. The third-order valence-electron chi connectivity index (χ3n) is 3.75. The first-order chi connectivity index (χ1) is 7.99. The van der Waals surface area contributed by atoms with Crippen molar-refractivity contribution in [3.05, 3.63) is 46.5 Å². The van der Waals surface area contributed by atoms with Crippen LogP contribution in [0, 0.1) is 20.8 Å². The molecule has 1 saturated carbocycles. The van der Waals surface area contributed by atoms with Crippen LogP contribution in [-0.4, -0.2) is 5.78 Å². The largest absolute Gasteiger partial charge is 0.295 e. The number of rotatable bonds is 1. The Morgan fingerprint density at radius 1 is 1.18 bits per heavy atom. The summed E-state index contributed by atoms with van der Waals surface area (Å²) in [5.41, 5.74) is 6.27. The number of carbonyl (C=O) groups is 1. The van der Waals surface area contributed by atoms with E-state index in [0.29, 0.717) is 12.3 Å². The monoisotopic (exact) mass is 228 g/mol. The van der Waals surface area contributed by atoms with Gasteiger partial charge < -0.3 is 0 Å². The number of benzene rings is 1. The molecule has 1 atom stereocenters. The zero-order valence-corrected chi connectivity index (χ0v) is 11.0. The van der Waals surface area contributed by atoms with Gasteiger partial charge in [0.2, 0.25) is 0 Å². The Morgan fingerprint density at radius 3 is 2.29 bits per heavy atom. The molecule has 17 heavy (non-hydrogen) atoms. The predicted molar refractivity (Wildman–Crippen MR) is 71.4 cm³/mol. The lowest BCUT2D eigenvalue weighted by Gasteiger charge is -2.26. The molecule has 0 aliphatic heterocycles. The second kappa shape index (κ2) is 4.48. The molecule has 1 aromatic rings. The number of hydrogen-bond donors (Lipinski definition) is 0. The standard InChI is InChI=1S/C16H20O/c1-10-7-12(3)16(13(4)8-10)14-5-6-15(17)11(2)9-14/h7-8,14H,2,5-6,9H2,1,3-4H3. The number of allylic oxidation sites excluding steroid dienone is 1. The smallest absolute Gasteiger partial charge is 0.158 e. The van der Waals surface area contributed by atoms with Gasteiger partial charge in [0.15, 0.2) is 5.78 Å². The highest BCUT2D eigenvalue weighted by molar-refractivity contribution is 5.95. The van der Waals surface area contributed by atoms with Crippen LogP contribution >= 0.6 is 0 Å². The highest BCUT2D eigenvalue weighted by Gasteiger charge is 2.25. The Bertz CT molecular complexity index is 459. The van der Waals surface area contributed by atoms with E-state index in [1.165, 1.54) is 22.3 Å². The summed E-state index contributed by atoms with van der Waals surface area (Å²) >= 11 is 0. The molecule has 0 N–H and O–H groups in total. The van der Waals surface area contributed by atoms with E-state index in [1.54, 1.807) is 0 Å². The summed E-state index contributed by atoms with van der Waals surface area (Å²) < 4.78 is 0. The van der Waals surface area contributed by atoms with Crippen LogP contribution in [0.15, 0.2) is 24.3 Å². The predicted octanol–water partition coefficient (Wildman–Crippen LogP) is 4.00. The normalized spacial score (nSPS) is 20.8. The fraction of sp³-hybridized carbons (Fsp3) is 0.438. The van der Waals surface area contributed by atoms with Gasteiger partial charge in [0, 0.05) is 6.42 Å². The molecule has 1 nitrogen and oxygen atoms in total. The molecule has 1 fully saturated rings. The van der Waals surface area contributed by atoms with Crippen molar-refractivity contribution in [2.24, 2.45) is 0 Å². The number of Topliss-reactive ketones (excluding diaryl/α,β-unsaturated/α-hetero) is 1. The first-order valence-corrected chi connectivity index (χ1v) is 6.27. The van der Waals surface area contributed by atoms with Gasteiger partial charge in [-0.25, -0.2) is 0 Å². The number of carbonyl (C=O) groups excluding carboxylic acids is 1. The van der Waals surface area contributed by atoms with Gasteiger partial charge in [-0.1, -0.05) is 24.3 Å². The highest BCUT2D eigenvalue weighted by atomic mass is 16.1. The Hall–Kier alpha value is -1.37. The highest BCUT2D eigenvalue weighted by Crippen LogP contribution is 2.37. The van der Waals surface area contributed by atoms with Gasteiger partial charge in [-0.05, 0) is 61.8 Å². The van der Waals surface area contributed by atoms with Crippen LogP contribution in [-0.2, 0) is 4.79 Å². The molecule has 0 aromatic heterocycles. The summed E-state index contributed by atoms with van der Waals surface area (Å²) in [6.07, 6.45) is 2.47. The summed E-state index contributed by atoms with van der Waals surface area (Å²) in [5.74, 6) is 0.740. The molecular formula is C16H20O. The first kappa shape index (κ1) is 12.1. The van der Waals surface area contributed by atoms with Crippen LogP contribution in [0.3, 0.4) is 0 Å². The Labute approximate surface area is 104 Å². The van der Waals surface area contributed by atoms with E-state index in [9.17, 15) is 4.79 Å². The first-order valence-electron chi connectivity index (χ1n) is 6.27. The van der Waals surface area contributed by atoms with Crippen molar-refractivity contribution in [3.8, 4) is 0 Å². The minimum absolute atomic E-state index is 0.253. The molecule has 1 aromatic carbocycles. The summed E-state index contributed by atoms with van der Waals surface area (Å²) in [6, 6.07) is 4.48. The van der Waals surface area contributed by atoms with Crippen molar-refractivity contribution in [1.29, 1.82) is 0 Å². The van der Waals surface area contributed by atoms with Gasteiger partial charge in [0.25, 0.3) is 0 Å². The molecule has 1 aliphatic carbocycles. The van der Waals surface area contributed by atoms with Crippen molar-refractivity contribution in [2.75, 3.05) is 0 Å². The molecule has 0 spiro atoms. The van der Waals surface area contributed by atoms with E-state index < -0.39 is 0 Å². The molecule has 1 unspecified atom stereocenters. The maximum absolute atomic E-state index is 11.5. The van der Waals surface area contributed by atoms with Crippen molar-refractivity contribution in [3.63, 3.8) is 0 Å². The topological polar surface area (TPSA) is 17.1 Å². The van der Waals surface area contributed by atoms with E-state index >= 15 is 0 Å². The molecule has 0 heterocycles. The van der Waals surface area contributed by atoms with Crippen LogP contribution in [0.4, 0.5) is 0 Å². The zero-order valence-electron chi connectivity index (χ0n) is 11.0. The Morgan fingerprint density at radius 2 is 1.76 bits per heavy atom. The van der Waals surface area contributed by atoms with Crippen molar-refractivity contribution in [1.82, 2.24) is 0 Å². The Balaban J connectivity index is 2.35. The van der Waals surface area contributed by atoms with E-state index in [-0.39, 0.29) is 5.78 Å². The lowest BCUT2D eigenvalue weighted by Crippen LogP contribution is -2.16. The molecule has 1 heteroatoms. The molecule has 0 saturated heterocycles. The summed E-state index contributed by atoms with van der Waals surface area (Å²) in [7, 11) is 0. The van der Waals surface area contributed by atoms with Gasteiger partial charge in [-0.2, -0.15) is 0 Å². The third-order valence-corrected chi connectivity index (χ3v) is 3.75. The number of aryl methyl sites for hydroxylation is 3. The molecular weight excluding hydrogens is 208 g/mol. The summed E-state index contributed by atoms with van der Waals surface area (Å²) in [5, 5.41) is 0. The summed E-state index contributed by atoms with van der Waals surface area (Å²) in [6.45, 7) is 10.4. The third kappa shape index (κ3) is 2.33.